The first-order chi connectivity index (χ1) is 8.47. The van der Waals surface area contributed by atoms with E-state index < -0.39 is 5.91 Å². The number of amides is 1. The van der Waals surface area contributed by atoms with E-state index in [-0.39, 0.29) is 29.0 Å². The zero-order chi connectivity index (χ0) is 13.7. The average molecular weight is 274 g/mol. The summed E-state index contributed by atoms with van der Waals surface area (Å²) in [5, 5.41) is 18.8. The van der Waals surface area contributed by atoms with Crippen molar-refractivity contribution in [3.63, 3.8) is 0 Å². The molecule has 0 aliphatic heterocycles. The Labute approximate surface area is 111 Å². The molecule has 0 heterocycles. The van der Waals surface area contributed by atoms with Gasteiger partial charge in [0.05, 0.1) is 12.0 Å². The minimum atomic E-state index is -0.493. The number of nitrogens with zero attached hydrogens (tertiary/aromatic N) is 1. The van der Waals surface area contributed by atoms with Gasteiger partial charge >= 0.3 is 0 Å². The molecule has 0 bridgehead atoms. The Morgan fingerprint density at radius 3 is 2.50 bits per heavy atom. The van der Waals surface area contributed by atoms with Gasteiger partial charge in [-0.3, -0.25) is 4.79 Å². The molecule has 0 fully saturated rings. The monoisotopic (exact) mass is 273 g/mol. The average Bonchev–Trinajstić information content (AvgIpc) is 2.28. The first-order valence-electron chi connectivity index (χ1n) is 5.36. The van der Waals surface area contributed by atoms with E-state index in [1.807, 2.05) is 0 Å². The molecule has 1 amide bonds. The van der Waals surface area contributed by atoms with Crippen LogP contribution >= 0.6 is 11.6 Å². The van der Waals surface area contributed by atoms with Crippen molar-refractivity contribution in [1.29, 1.82) is 0 Å². The number of alkyl halides is 1. The van der Waals surface area contributed by atoms with Crippen molar-refractivity contribution >= 4 is 17.5 Å². The quantitative estimate of drug-likeness (QED) is 0.796. The summed E-state index contributed by atoms with van der Waals surface area (Å²) in [5.41, 5.74) is -0.124. The number of ether oxygens (including phenoxy) is 1. The standard InChI is InChI=1S/C12H16ClNO4/c1-14(6-8(13)7-18-2)12(17)11-9(15)4-3-5-10(11)16/h3-5,8,15-16H,6-7H2,1-2H3. The summed E-state index contributed by atoms with van der Waals surface area (Å²) < 4.78 is 4.87. The number of carbonyl (C=O) groups is 1. The van der Waals surface area contributed by atoms with E-state index in [0.717, 1.165) is 0 Å². The molecule has 6 heteroatoms. The smallest absolute Gasteiger partial charge is 0.261 e. The van der Waals surface area contributed by atoms with E-state index in [0.29, 0.717) is 6.61 Å². The third-order valence-electron chi connectivity index (χ3n) is 2.40. The lowest BCUT2D eigenvalue weighted by Gasteiger charge is -2.20. The highest BCUT2D eigenvalue weighted by atomic mass is 35.5. The van der Waals surface area contributed by atoms with E-state index in [2.05, 4.69) is 0 Å². The van der Waals surface area contributed by atoms with Crippen molar-refractivity contribution in [2.24, 2.45) is 0 Å². The maximum absolute atomic E-state index is 12.0. The molecule has 5 nitrogen and oxygen atoms in total. The van der Waals surface area contributed by atoms with Gasteiger partial charge in [-0.1, -0.05) is 6.07 Å². The highest BCUT2D eigenvalue weighted by Gasteiger charge is 2.21. The predicted octanol–water partition coefficient (Wildman–Crippen LogP) is 1.42. The van der Waals surface area contributed by atoms with Gasteiger partial charge in [0.25, 0.3) is 5.91 Å². The van der Waals surface area contributed by atoms with Gasteiger partial charge in [-0.25, -0.2) is 0 Å². The van der Waals surface area contributed by atoms with Crippen LogP contribution in [-0.2, 0) is 4.74 Å². The number of hydrogen-bond donors (Lipinski definition) is 2. The van der Waals surface area contributed by atoms with Crippen LogP contribution in [0.15, 0.2) is 18.2 Å². The fraction of sp³-hybridized carbons (Fsp3) is 0.417. The van der Waals surface area contributed by atoms with Crippen molar-refractivity contribution in [2.75, 3.05) is 27.3 Å². The van der Waals surface area contributed by atoms with Gasteiger partial charge in [-0.15, -0.1) is 11.6 Å². The van der Waals surface area contributed by atoms with Crippen LogP contribution in [0.25, 0.3) is 0 Å². The van der Waals surface area contributed by atoms with Gasteiger partial charge in [-0.05, 0) is 12.1 Å². The van der Waals surface area contributed by atoms with Gasteiger partial charge in [0, 0.05) is 20.7 Å². The second-order valence-electron chi connectivity index (χ2n) is 3.91. The Kier molecular flexibility index (Phi) is 5.25. The first-order valence-corrected chi connectivity index (χ1v) is 5.80. The molecule has 0 aliphatic carbocycles. The second-order valence-corrected chi connectivity index (χ2v) is 4.53. The van der Waals surface area contributed by atoms with E-state index in [1.54, 1.807) is 7.05 Å². The SMILES string of the molecule is COCC(Cl)CN(C)C(=O)c1c(O)cccc1O. The van der Waals surface area contributed by atoms with Crippen LogP contribution in [0.1, 0.15) is 10.4 Å². The highest BCUT2D eigenvalue weighted by molar-refractivity contribution is 6.21. The maximum atomic E-state index is 12.0. The van der Waals surface area contributed by atoms with Gasteiger partial charge in [0.2, 0.25) is 0 Å². The normalized spacial score (nSPS) is 12.2. The number of phenolic OH excluding ortho intramolecular Hbond substituents is 2. The summed E-state index contributed by atoms with van der Waals surface area (Å²) in [6.45, 7) is 0.563. The van der Waals surface area contributed by atoms with Gasteiger partial charge < -0.3 is 19.8 Å². The molecule has 0 saturated heterocycles. The molecule has 0 saturated carbocycles. The molecule has 1 atom stereocenters. The summed E-state index contributed by atoms with van der Waals surface area (Å²) >= 11 is 5.94. The summed E-state index contributed by atoms with van der Waals surface area (Å²) in [6.07, 6.45) is 0. The molecule has 1 aromatic rings. The Balaban J connectivity index is 2.81. The summed E-state index contributed by atoms with van der Waals surface area (Å²) in [7, 11) is 3.06. The van der Waals surface area contributed by atoms with Gasteiger partial charge in [-0.2, -0.15) is 0 Å². The lowest BCUT2D eigenvalue weighted by atomic mass is 10.1. The molecule has 18 heavy (non-hydrogen) atoms. The molecule has 0 radical (unpaired) electrons. The van der Waals surface area contributed by atoms with Crippen molar-refractivity contribution in [3.8, 4) is 11.5 Å². The van der Waals surface area contributed by atoms with Crippen molar-refractivity contribution < 1.29 is 19.7 Å². The largest absolute Gasteiger partial charge is 0.507 e. The van der Waals surface area contributed by atoms with E-state index in [9.17, 15) is 15.0 Å². The Morgan fingerprint density at radius 1 is 1.44 bits per heavy atom. The second kappa shape index (κ2) is 6.47. The number of benzene rings is 1. The summed E-state index contributed by atoms with van der Waals surface area (Å²) in [4.78, 5) is 13.4. The molecule has 0 aromatic heterocycles. The Morgan fingerprint density at radius 2 is 2.00 bits per heavy atom. The number of methoxy groups -OCH3 is 1. The van der Waals surface area contributed by atoms with E-state index >= 15 is 0 Å². The van der Waals surface area contributed by atoms with Crippen LogP contribution < -0.4 is 0 Å². The molecule has 1 rings (SSSR count). The molecular formula is C12H16ClNO4. The third-order valence-corrected chi connectivity index (χ3v) is 2.66. The molecule has 100 valence electrons. The number of hydrogen-bond acceptors (Lipinski definition) is 4. The number of aromatic hydroxyl groups is 2. The van der Waals surface area contributed by atoms with Crippen LogP contribution in [0.2, 0.25) is 0 Å². The van der Waals surface area contributed by atoms with Gasteiger partial charge in [0.15, 0.2) is 0 Å². The van der Waals surface area contributed by atoms with E-state index in [4.69, 9.17) is 16.3 Å². The molecule has 0 aliphatic rings. The lowest BCUT2D eigenvalue weighted by molar-refractivity contribution is 0.0775. The minimum absolute atomic E-state index is 0.124. The zero-order valence-electron chi connectivity index (χ0n) is 10.3. The van der Waals surface area contributed by atoms with Crippen molar-refractivity contribution in [1.82, 2.24) is 4.90 Å². The third kappa shape index (κ3) is 3.51. The number of rotatable bonds is 5. The molecule has 1 aromatic carbocycles. The molecule has 2 N–H and O–H groups in total. The molecule has 0 spiro atoms. The predicted molar refractivity (Wildman–Crippen MR) is 68.2 cm³/mol. The highest BCUT2D eigenvalue weighted by Crippen LogP contribution is 2.27. The van der Waals surface area contributed by atoms with Crippen LogP contribution in [0, 0.1) is 0 Å². The topological polar surface area (TPSA) is 70.0 Å². The van der Waals surface area contributed by atoms with Crippen LogP contribution in [0.4, 0.5) is 0 Å². The molecular weight excluding hydrogens is 258 g/mol. The van der Waals surface area contributed by atoms with Crippen LogP contribution in [-0.4, -0.2) is 53.7 Å². The Bertz CT molecular complexity index is 404. The lowest BCUT2D eigenvalue weighted by Crippen LogP contribution is -2.34. The minimum Gasteiger partial charge on any atom is -0.507 e. The maximum Gasteiger partial charge on any atom is 0.261 e. The number of halogens is 1. The fourth-order valence-electron chi connectivity index (χ4n) is 1.55. The fourth-order valence-corrected chi connectivity index (χ4v) is 1.88. The Hall–Kier alpha value is -1.46. The number of carbonyl (C=O) groups excluding carboxylic acids is 1. The summed E-state index contributed by atoms with van der Waals surface area (Å²) in [5.74, 6) is -1.01. The number of phenols is 2. The van der Waals surface area contributed by atoms with Crippen molar-refractivity contribution in [3.05, 3.63) is 23.8 Å². The van der Waals surface area contributed by atoms with Crippen LogP contribution in [0.3, 0.4) is 0 Å². The van der Waals surface area contributed by atoms with Gasteiger partial charge in [0.1, 0.15) is 17.1 Å². The summed E-state index contributed by atoms with van der Waals surface area (Å²) in [6, 6.07) is 4.14. The first kappa shape index (κ1) is 14.6. The van der Waals surface area contributed by atoms with Crippen molar-refractivity contribution in [2.45, 2.75) is 5.38 Å². The molecule has 1 unspecified atom stereocenters. The zero-order valence-corrected chi connectivity index (χ0v) is 11.0. The van der Waals surface area contributed by atoms with E-state index in [1.165, 1.54) is 30.2 Å². The van der Waals surface area contributed by atoms with Crippen LogP contribution in [0.5, 0.6) is 11.5 Å².